The highest BCUT2D eigenvalue weighted by Gasteiger charge is 2.33. The van der Waals surface area contributed by atoms with E-state index in [0.29, 0.717) is 13.0 Å². The Kier molecular flexibility index (Phi) is 8.40. The van der Waals surface area contributed by atoms with Gasteiger partial charge in [0.15, 0.2) is 0 Å². The van der Waals surface area contributed by atoms with Crippen molar-refractivity contribution in [3.8, 4) is 0 Å². The summed E-state index contributed by atoms with van der Waals surface area (Å²) in [7, 11) is 0. The Morgan fingerprint density at radius 3 is 2.59 bits per heavy atom. The predicted octanol–water partition coefficient (Wildman–Crippen LogP) is 4.84. The second-order valence-corrected chi connectivity index (χ2v) is 9.86. The maximum Gasteiger partial charge on any atom is 0.247 e. The van der Waals surface area contributed by atoms with Crippen molar-refractivity contribution in [1.29, 1.82) is 0 Å². The lowest BCUT2D eigenvalue weighted by molar-refractivity contribution is -0.141. The van der Waals surface area contributed by atoms with Gasteiger partial charge in [0, 0.05) is 47.1 Å². The number of nitrogens with one attached hydrogen (secondary N) is 2. The van der Waals surface area contributed by atoms with Crippen molar-refractivity contribution in [2.24, 2.45) is 5.73 Å². The average Bonchev–Trinajstić information content (AvgIpc) is 3.26. The summed E-state index contributed by atoms with van der Waals surface area (Å²) < 4.78 is 0.816. The van der Waals surface area contributed by atoms with Crippen molar-refractivity contribution >= 4 is 38.6 Å². The van der Waals surface area contributed by atoms with E-state index >= 15 is 0 Å². The standard InChI is InChI=1S/C27H33BrN4O2/c28-23-12-6-4-11-22(23)26(27(34)31-20-8-2-1-3-9-20)32(25(33)14-16-29)17-15-19-18-30-24-13-7-5-10-21(19)24/h4-7,10-13,18,20,26,30H,1-3,8-9,14-17,29H2,(H,31,34). The molecule has 3 aromatic rings. The number of aromatic nitrogens is 1. The summed E-state index contributed by atoms with van der Waals surface area (Å²) in [5.74, 6) is -0.231. The van der Waals surface area contributed by atoms with Crippen LogP contribution in [0, 0.1) is 0 Å². The Morgan fingerprint density at radius 2 is 1.82 bits per heavy atom. The van der Waals surface area contributed by atoms with E-state index in [0.717, 1.165) is 52.2 Å². The topological polar surface area (TPSA) is 91.2 Å². The molecule has 6 nitrogen and oxygen atoms in total. The van der Waals surface area contributed by atoms with E-state index in [-0.39, 0.29) is 30.8 Å². The van der Waals surface area contributed by atoms with Crippen LogP contribution >= 0.6 is 15.9 Å². The zero-order valence-electron chi connectivity index (χ0n) is 19.4. The molecule has 1 atom stereocenters. The van der Waals surface area contributed by atoms with Crippen molar-refractivity contribution in [3.63, 3.8) is 0 Å². The first kappa shape index (κ1) is 24.5. The molecule has 0 spiro atoms. The van der Waals surface area contributed by atoms with Crippen LogP contribution in [0.15, 0.2) is 59.2 Å². The fourth-order valence-electron chi connectivity index (χ4n) is 4.92. The number of para-hydroxylation sites is 1. The molecule has 1 saturated carbocycles. The van der Waals surface area contributed by atoms with Gasteiger partial charge >= 0.3 is 0 Å². The van der Waals surface area contributed by atoms with Gasteiger partial charge in [0.1, 0.15) is 6.04 Å². The summed E-state index contributed by atoms with van der Waals surface area (Å²) in [6, 6.07) is 15.2. The number of amides is 2. The number of carbonyl (C=O) groups excluding carboxylic acids is 2. The lowest BCUT2D eigenvalue weighted by atomic mass is 9.94. The molecule has 34 heavy (non-hydrogen) atoms. The summed E-state index contributed by atoms with van der Waals surface area (Å²) in [6.45, 7) is 0.667. The van der Waals surface area contributed by atoms with Crippen molar-refractivity contribution in [2.45, 2.75) is 57.0 Å². The molecular formula is C27H33BrN4O2. The van der Waals surface area contributed by atoms with Gasteiger partial charge < -0.3 is 20.9 Å². The van der Waals surface area contributed by atoms with Crippen molar-refractivity contribution in [1.82, 2.24) is 15.2 Å². The monoisotopic (exact) mass is 524 g/mol. The van der Waals surface area contributed by atoms with E-state index in [4.69, 9.17) is 5.73 Å². The molecule has 1 heterocycles. The number of benzene rings is 2. The van der Waals surface area contributed by atoms with E-state index in [1.165, 1.54) is 6.42 Å². The summed E-state index contributed by atoms with van der Waals surface area (Å²) in [5, 5.41) is 4.39. The number of hydrogen-bond donors (Lipinski definition) is 3. The molecule has 2 amide bonds. The molecule has 0 aliphatic heterocycles. The first-order valence-electron chi connectivity index (χ1n) is 12.2. The molecule has 1 unspecified atom stereocenters. The van der Waals surface area contributed by atoms with Gasteiger partial charge in [-0.1, -0.05) is 71.6 Å². The molecule has 7 heteroatoms. The molecule has 0 radical (unpaired) electrons. The second-order valence-electron chi connectivity index (χ2n) is 9.00. The number of rotatable bonds is 9. The summed E-state index contributed by atoms with van der Waals surface area (Å²) in [5.41, 5.74) is 8.75. The third kappa shape index (κ3) is 5.70. The Hall–Kier alpha value is -2.64. The van der Waals surface area contributed by atoms with Gasteiger partial charge in [0.05, 0.1) is 0 Å². The van der Waals surface area contributed by atoms with Crippen LogP contribution in [-0.4, -0.2) is 40.8 Å². The zero-order valence-corrected chi connectivity index (χ0v) is 21.0. The zero-order chi connectivity index (χ0) is 23.9. The highest BCUT2D eigenvalue weighted by Crippen LogP contribution is 2.30. The fraction of sp³-hybridized carbons (Fsp3) is 0.407. The molecule has 1 aliphatic carbocycles. The van der Waals surface area contributed by atoms with Crippen molar-refractivity contribution in [2.75, 3.05) is 13.1 Å². The molecule has 180 valence electrons. The predicted molar refractivity (Wildman–Crippen MR) is 139 cm³/mol. The van der Waals surface area contributed by atoms with Crippen LogP contribution < -0.4 is 11.1 Å². The molecule has 0 saturated heterocycles. The normalized spacial score (nSPS) is 15.2. The molecule has 0 bridgehead atoms. The first-order valence-corrected chi connectivity index (χ1v) is 13.0. The average molecular weight is 525 g/mol. The molecule has 1 fully saturated rings. The van der Waals surface area contributed by atoms with E-state index in [2.05, 4.69) is 32.3 Å². The number of halogens is 1. The van der Waals surface area contributed by atoms with Gasteiger partial charge in [-0.25, -0.2) is 0 Å². The molecule has 4 N–H and O–H groups in total. The summed E-state index contributed by atoms with van der Waals surface area (Å²) >= 11 is 3.62. The van der Waals surface area contributed by atoms with E-state index in [9.17, 15) is 9.59 Å². The van der Waals surface area contributed by atoms with Crippen LogP contribution in [0.2, 0.25) is 0 Å². The highest BCUT2D eigenvalue weighted by molar-refractivity contribution is 9.10. The maximum atomic E-state index is 13.7. The maximum absolute atomic E-state index is 13.7. The SMILES string of the molecule is NCCC(=O)N(CCc1c[nH]c2ccccc12)C(C(=O)NC1CCCCC1)c1ccccc1Br. The Morgan fingerprint density at radius 1 is 1.09 bits per heavy atom. The smallest absolute Gasteiger partial charge is 0.247 e. The van der Waals surface area contributed by atoms with Crippen molar-refractivity contribution in [3.05, 3.63) is 70.3 Å². The molecule has 4 rings (SSSR count). The van der Waals surface area contributed by atoms with E-state index in [1.54, 1.807) is 4.90 Å². The van der Waals surface area contributed by atoms with Crippen LogP contribution in [0.1, 0.15) is 55.7 Å². The van der Waals surface area contributed by atoms with Gasteiger partial charge in [-0.15, -0.1) is 0 Å². The number of nitrogens with zero attached hydrogens (tertiary/aromatic N) is 1. The fourth-order valence-corrected chi connectivity index (χ4v) is 5.42. The molecule has 1 aromatic heterocycles. The van der Waals surface area contributed by atoms with Gasteiger partial charge in [-0.3, -0.25) is 9.59 Å². The number of nitrogens with two attached hydrogens (primary N) is 1. The van der Waals surface area contributed by atoms with Gasteiger partial charge in [-0.05, 0) is 42.5 Å². The lowest BCUT2D eigenvalue weighted by Gasteiger charge is -2.34. The van der Waals surface area contributed by atoms with Crippen LogP contribution in [0.25, 0.3) is 10.9 Å². The number of hydrogen-bond acceptors (Lipinski definition) is 3. The van der Waals surface area contributed by atoms with Crippen molar-refractivity contribution < 1.29 is 9.59 Å². The van der Waals surface area contributed by atoms with Crippen LogP contribution in [0.3, 0.4) is 0 Å². The van der Waals surface area contributed by atoms with Gasteiger partial charge in [0.2, 0.25) is 11.8 Å². The molecular weight excluding hydrogens is 492 g/mol. The minimum absolute atomic E-state index is 0.109. The third-order valence-electron chi connectivity index (χ3n) is 6.69. The third-order valence-corrected chi connectivity index (χ3v) is 7.41. The van der Waals surface area contributed by atoms with Crippen LogP contribution in [0.5, 0.6) is 0 Å². The van der Waals surface area contributed by atoms with Crippen LogP contribution in [0.4, 0.5) is 0 Å². The van der Waals surface area contributed by atoms with Crippen LogP contribution in [-0.2, 0) is 16.0 Å². The lowest BCUT2D eigenvalue weighted by Crippen LogP contribution is -2.48. The number of H-pyrrole nitrogens is 1. The Balaban J connectivity index is 1.64. The Bertz CT molecular complexity index is 1120. The number of fused-ring (bicyclic) bond motifs is 1. The van der Waals surface area contributed by atoms with Gasteiger partial charge in [-0.2, -0.15) is 0 Å². The molecule has 2 aromatic carbocycles. The summed E-state index contributed by atoms with van der Waals surface area (Å²) in [6.07, 6.45) is 8.27. The molecule has 1 aliphatic rings. The van der Waals surface area contributed by atoms with E-state index < -0.39 is 6.04 Å². The Labute approximate surface area is 209 Å². The number of aromatic amines is 1. The second kappa shape index (κ2) is 11.7. The minimum Gasteiger partial charge on any atom is -0.361 e. The number of carbonyl (C=O) groups is 2. The quantitative estimate of drug-likeness (QED) is 0.374. The van der Waals surface area contributed by atoms with E-state index in [1.807, 2.05) is 48.7 Å². The minimum atomic E-state index is -0.721. The van der Waals surface area contributed by atoms with Gasteiger partial charge in [0.25, 0.3) is 0 Å². The highest BCUT2D eigenvalue weighted by atomic mass is 79.9. The summed E-state index contributed by atoms with van der Waals surface area (Å²) in [4.78, 5) is 32.1. The first-order chi connectivity index (χ1) is 16.6. The largest absolute Gasteiger partial charge is 0.361 e.